The summed E-state index contributed by atoms with van der Waals surface area (Å²) in [6.45, 7) is 0.628. The third-order valence-electron chi connectivity index (χ3n) is 3.27. The van der Waals surface area contributed by atoms with E-state index < -0.39 is 0 Å². The summed E-state index contributed by atoms with van der Waals surface area (Å²) >= 11 is 10.9. The Labute approximate surface area is 135 Å². The summed E-state index contributed by atoms with van der Waals surface area (Å²) in [5, 5.41) is 2.98. The van der Waals surface area contributed by atoms with Crippen LogP contribution in [0, 0.1) is 0 Å². The first kappa shape index (κ1) is 14.2. The quantitative estimate of drug-likeness (QED) is 0.834. The Kier molecular flexibility index (Phi) is 4.19. The zero-order chi connectivity index (χ0) is 14.1. The molecule has 2 aromatic rings. The minimum Gasteiger partial charge on any atom is -0.350 e. The van der Waals surface area contributed by atoms with Crippen molar-refractivity contribution in [2.45, 2.75) is 25.3 Å². The van der Waals surface area contributed by atoms with E-state index in [1.807, 2.05) is 24.4 Å². The van der Waals surface area contributed by atoms with Crippen LogP contribution in [0.2, 0.25) is 4.34 Å². The average molecular weight is 374 g/mol. The van der Waals surface area contributed by atoms with Gasteiger partial charge in [0.1, 0.15) is 5.69 Å². The second kappa shape index (κ2) is 5.92. The maximum absolute atomic E-state index is 12.2. The van der Waals surface area contributed by atoms with Gasteiger partial charge in [-0.25, -0.2) is 0 Å². The maximum Gasteiger partial charge on any atom is 0.267 e. The lowest BCUT2D eigenvalue weighted by Gasteiger charge is -2.08. The number of halogens is 2. The molecular formula is C14H14BrClN2OS. The van der Waals surface area contributed by atoms with Crippen molar-refractivity contribution in [2.24, 2.45) is 0 Å². The summed E-state index contributed by atoms with van der Waals surface area (Å²) in [7, 11) is 0. The van der Waals surface area contributed by atoms with Crippen LogP contribution >= 0.6 is 38.9 Å². The molecule has 0 bridgehead atoms. The topological polar surface area (TPSA) is 34.0 Å². The van der Waals surface area contributed by atoms with Crippen LogP contribution in [0.5, 0.6) is 0 Å². The Balaban J connectivity index is 1.59. The molecule has 1 aliphatic rings. The van der Waals surface area contributed by atoms with Crippen LogP contribution in [0.4, 0.5) is 0 Å². The SMILES string of the molecule is O=C(NCCc1ccc(Cl)s1)c1cc(Br)cn1C1CC1. The summed E-state index contributed by atoms with van der Waals surface area (Å²) in [6, 6.07) is 6.27. The Bertz CT molecular complexity index is 633. The number of carbonyl (C=O) groups is 1. The number of thiophene rings is 1. The first-order valence-electron chi connectivity index (χ1n) is 6.53. The molecular weight excluding hydrogens is 360 g/mol. The molecule has 3 nitrogen and oxygen atoms in total. The zero-order valence-corrected chi connectivity index (χ0v) is 13.9. The number of hydrogen-bond acceptors (Lipinski definition) is 2. The van der Waals surface area contributed by atoms with E-state index in [1.54, 1.807) is 11.3 Å². The molecule has 1 N–H and O–H groups in total. The van der Waals surface area contributed by atoms with E-state index in [4.69, 9.17) is 11.6 Å². The van der Waals surface area contributed by atoms with Crippen molar-refractivity contribution < 1.29 is 4.79 Å². The first-order chi connectivity index (χ1) is 9.63. The highest BCUT2D eigenvalue weighted by Crippen LogP contribution is 2.37. The summed E-state index contributed by atoms with van der Waals surface area (Å²) in [5.41, 5.74) is 0.739. The molecule has 0 aromatic carbocycles. The van der Waals surface area contributed by atoms with Crippen LogP contribution < -0.4 is 5.32 Å². The van der Waals surface area contributed by atoms with Gasteiger partial charge in [-0.3, -0.25) is 4.79 Å². The molecule has 0 spiro atoms. The van der Waals surface area contributed by atoms with Gasteiger partial charge in [-0.05, 0) is 53.4 Å². The summed E-state index contributed by atoms with van der Waals surface area (Å²) in [5.74, 6) is -0.00902. The molecule has 2 heterocycles. The van der Waals surface area contributed by atoms with Crippen LogP contribution in [-0.2, 0) is 6.42 Å². The Morgan fingerprint density at radius 2 is 2.30 bits per heavy atom. The molecule has 1 amide bonds. The van der Waals surface area contributed by atoms with Gasteiger partial charge in [-0.15, -0.1) is 11.3 Å². The largest absolute Gasteiger partial charge is 0.350 e. The number of aromatic nitrogens is 1. The Hall–Kier alpha value is -0.780. The molecule has 6 heteroatoms. The molecule has 0 saturated heterocycles. The minimum absolute atomic E-state index is 0.00902. The molecule has 20 heavy (non-hydrogen) atoms. The fraction of sp³-hybridized carbons (Fsp3) is 0.357. The van der Waals surface area contributed by atoms with Crippen LogP contribution in [0.25, 0.3) is 0 Å². The predicted molar refractivity (Wildman–Crippen MR) is 85.8 cm³/mol. The van der Waals surface area contributed by atoms with E-state index in [0.29, 0.717) is 12.6 Å². The monoisotopic (exact) mass is 372 g/mol. The molecule has 106 valence electrons. The minimum atomic E-state index is -0.00902. The van der Waals surface area contributed by atoms with Gasteiger partial charge in [0.05, 0.1) is 4.34 Å². The average Bonchev–Trinajstić information content (AvgIpc) is 3.06. The molecule has 0 aliphatic heterocycles. The van der Waals surface area contributed by atoms with Crippen molar-refractivity contribution in [1.29, 1.82) is 0 Å². The fourth-order valence-electron chi connectivity index (χ4n) is 2.16. The molecule has 3 rings (SSSR count). The number of hydrogen-bond donors (Lipinski definition) is 1. The molecule has 0 atom stereocenters. The predicted octanol–water partition coefficient (Wildman–Crippen LogP) is 4.27. The van der Waals surface area contributed by atoms with E-state index in [2.05, 4.69) is 25.8 Å². The molecule has 1 fully saturated rings. The molecule has 2 aromatic heterocycles. The number of nitrogens with zero attached hydrogens (tertiary/aromatic N) is 1. The van der Waals surface area contributed by atoms with Crippen molar-refractivity contribution in [3.8, 4) is 0 Å². The van der Waals surface area contributed by atoms with Crippen molar-refractivity contribution in [3.63, 3.8) is 0 Å². The second-order valence-corrected chi connectivity index (χ2v) is 7.61. The van der Waals surface area contributed by atoms with Gasteiger partial charge in [-0.1, -0.05) is 11.6 Å². The van der Waals surface area contributed by atoms with Gasteiger partial charge in [0.15, 0.2) is 0 Å². The standard InChI is InChI=1S/C14H14BrClN2OS/c15-9-7-12(18(8-9)10-1-2-10)14(19)17-6-5-11-3-4-13(16)20-11/h3-4,7-8,10H,1-2,5-6H2,(H,17,19). The lowest BCUT2D eigenvalue weighted by atomic mass is 10.3. The van der Waals surface area contributed by atoms with Gasteiger partial charge >= 0.3 is 0 Å². The highest BCUT2D eigenvalue weighted by atomic mass is 79.9. The number of amides is 1. The van der Waals surface area contributed by atoms with E-state index in [1.165, 1.54) is 4.88 Å². The lowest BCUT2D eigenvalue weighted by molar-refractivity contribution is 0.0944. The summed E-state index contributed by atoms with van der Waals surface area (Å²) < 4.78 is 3.82. The van der Waals surface area contributed by atoms with Gasteiger partial charge < -0.3 is 9.88 Å². The summed E-state index contributed by atoms with van der Waals surface area (Å²) in [6.07, 6.45) is 5.13. The number of rotatable bonds is 5. The molecule has 0 radical (unpaired) electrons. The van der Waals surface area contributed by atoms with Crippen LogP contribution in [-0.4, -0.2) is 17.0 Å². The first-order valence-corrected chi connectivity index (χ1v) is 8.52. The highest BCUT2D eigenvalue weighted by molar-refractivity contribution is 9.10. The van der Waals surface area contributed by atoms with E-state index in [0.717, 1.165) is 33.8 Å². The molecule has 0 unspecified atom stereocenters. The van der Waals surface area contributed by atoms with Gasteiger partial charge in [0, 0.05) is 28.1 Å². The van der Waals surface area contributed by atoms with Crippen molar-refractivity contribution in [3.05, 3.63) is 43.8 Å². The van der Waals surface area contributed by atoms with Gasteiger partial charge in [0.25, 0.3) is 5.91 Å². The van der Waals surface area contributed by atoms with E-state index in [9.17, 15) is 4.79 Å². The Morgan fingerprint density at radius 3 is 2.95 bits per heavy atom. The third kappa shape index (κ3) is 3.27. The highest BCUT2D eigenvalue weighted by Gasteiger charge is 2.27. The lowest BCUT2D eigenvalue weighted by Crippen LogP contribution is -2.27. The van der Waals surface area contributed by atoms with E-state index >= 15 is 0 Å². The van der Waals surface area contributed by atoms with Crippen molar-refractivity contribution in [2.75, 3.05) is 6.54 Å². The normalized spacial score (nSPS) is 14.5. The van der Waals surface area contributed by atoms with Gasteiger partial charge in [0.2, 0.25) is 0 Å². The molecule has 1 saturated carbocycles. The fourth-order valence-corrected chi connectivity index (χ4v) is 3.68. The second-order valence-electron chi connectivity index (χ2n) is 4.89. The number of nitrogens with one attached hydrogen (secondary N) is 1. The van der Waals surface area contributed by atoms with Crippen molar-refractivity contribution >= 4 is 44.8 Å². The maximum atomic E-state index is 12.2. The third-order valence-corrected chi connectivity index (χ3v) is 5.00. The van der Waals surface area contributed by atoms with Crippen LogP contribution in [0.3, 0.4) is 0 Å². The Morgan fingerprint density at radius 1 is 1.50 bits per heavy atom. The molecule has 1 aliphatic carbocycles. The van der Waals surface area contributed by atoms with Gasteiger partial charge in [-0.2, -0.15) is 0 Å². The van der Waals surface area contributed by atoms with Crippen LogP contribution in [0.1, 0.15) is 34.2 Å². The number of carbonyl (C=O) groups excluding carboxylic acids is 1. The van der Waals surface area contributed by atoms with Crippen molar-refractivity contribution in [1.82, 2.24) is 9.88 Å². The summed E-state index contributed by atoms with van der Waals surface area (Å²) in [4.78, 5) is 13.4. The zero-order valence-electron chi connectivity index (χ0n) is 10.7. The van der Waals surface area contributed by atoms with Crippen LogP contribution in [0.15, 0.2) is 28.9 Å². The smallest absolute Gasteiger partial charge is 0.267 e. The van der Waals surface area contributed by atoms with E-state index in [-0.39, 0.29) is 5.91 Å².